The van der Waals surface area contributed by atoms with Crippen LogP contribution in [-0.2, 0) is 15.9 Å². The summed E-state index contributed by atoms with van der Waals surface area (Å²) in [5.74, 6) is 0. The van der Waals surface area contributed by atoms with E-state index in [9.17, 15) is 0 Å². The molecule has 0 amide bonds. The third-order valence-electron chi connectivity index (χ3n) is 4.10. The molecule has 3 heterocycles. The molecule has 19 heavy (non-hydrogen) atoms. The molecule has 0 bridgehead atoms. The Hall–Kier alpha value is -0.970. The lowest BCUT2D eigenvalue weighted by molar-refractivity contribution is -0.0891. The van der Waals surface area contributed by atoms with Crippen molar-refractivity contribution in [3.8, 4) is 0 Å². The second kappa shape index (κ2) is 5.99. The number of aromatic nitrogens is 1. The highest BCUT2D eigenvalue weighted by molar-refractivity contribution is 5.04. The van der Waals surface area contributed by atoms with E-state index < -0.39 is 0 Å². The van der Waals surface area contributed by atoms with Crippen LogP contribution in [0.5, 0.6) is 0 Å². The first-order chi connectivity index (χ1) is 9.36. The largest absolute Gasteiger partial charge is 0.378 e. The molecule has 4 nitrogen and oxygen atoms in total. The lowest BCUT2D eigenvalue weighted by Crippen LogP contribution is -2.47. The zero-order valence-electron chi connectivity index (χ0n) is 11.3. The average Bonchev–Trinajstić information content (AvgIpc) is 2.88. The second-order valence-corrected chi connectivity index (χ2v) is 5.55. The lowest BCUT2D eigenvalue weighted by atomic mass is 9.89. The molecule has 2 fully saturated rings. The van der Waals surface area contributed by atoms with Gasteiger partial charge in [-0.25, -0.2) is 0 Å². The van der Waals surface area contributed by atoms with Gasteiger partial charge < -0.3 is 14.8 Å². The Morgan fingerprint density at radius 3 is 3.16 bits per heavy atom. The predicted octanol–water partition coefficient (Wildman–Crippen LogP) is 1.55. The van der Waals surface area contributed by atoms with Crippen LogP contribution in [0, 0.1) is 0 Å². The minimum Gasteiger partial charge on any atom is -0.378 e. The molecule has 1 aromatic rings. The first-order valence-corrected chi connectivity index (χ1v) is 7.21. The highest BCUT2D eigenvalue weighted by Crippen LogP contribution is 2.32. The summed E-state index contributed by atoms with van der Waals surface area (Å²) < 4.78 is 11.4. The molecule has 2 saturated heterocycles. The van der Waals surface area contributed by atoms with E-state index in [2.05, 4.69) is 16.4 Å². The number of nitrogens with one attached hydrogen (secondary N) is 1. The summed E-state index contributed by atoms with van der Waals surface area (Å²) in [7, 11) is 0. The van der Waals surface area contributed by atoms with Crippen molar-refractivity contribution in [1.29, 1.82) is 0 Å². The summed E-state index contributed by atoms with van der Waals surface area (Å²) in [6, 6.07) is 6.64. The Bertz CT molecular complexity index is 390. The van der Waals surface area contributed by atoms with Crippen LogP contribution < -0.4 is 5.32 Å². The number of hydrogen-bond donors (Lipinski definition) is 1. The molecule has 2 aliphatic heterocycles. The molecule has 1 N–H and O–H groups in total. The molecule has 4 heteroatoms. The highest BCUT2D eigenvalue weighted by Gasteiger charge is 2.40. The first-order valence-electron chi connectivity index (χ1n) is 7.21. The average molecular weight is 262 g/mol. The summed E-state index contributed by atoms with van der Waals surface area (Å²) in [4.78, 5) is 4.35. The van der Waals surface area contributed by atoms with E-state index >= 15 is 0 Å². The van der Waals surface area contributed by atoms with Crippen molar-refractivity contribution in [2.24, 2.45) is 0 Å². The van der Waals surface area contributed by atoms with Crippen molar-refractivity contribution in [3.05, 3.63) is 30.1 Å². The normalized spacial score (nSPS) is 30.8. The Morgan fingerprint density at radius 1 is 1.37 bits per heavy atom. The topological polar surface area (TPSA) is 43.4 Å². The van der Waals surface area contributed by atoms with Crippen LogP contribution in [0.1, 0.15) is 25.0 Å². The van der Waals surface area contributed by atoms with Crippen molar-refractivity contribution in [2.75, 3.05) is 26.4 Å². The molecular weight excluding hydrogens is 240 g/mol. The van der Waals surface area contributed by atoms with E-state index in [1.165, 1.54) is 0 Å². The number of pyridine rings is 1. The van der Waals surface area contributed by atoms with Gasteiger partial charge in [0, 0.05) is 50.5 Å². The lowest BCUT2D eigenvalue weighted by Gasteiger charge is -2.37. The van der Waals surface area contributed by atoms with Gasteiger partial charge in [0.1, 0.15) is 0 Å². The number of nitrogens with zero attached hydrogens (tertiary/aromatic N) is 1. The first kappa shape index (κ1) is 13.0. The summed E-state index contributed by atoms with van der Waals surface area (Å²) in [5, 5.41) is 3.65. The van der Waals surface area contributed by atoms with Crippen LogP contribution in [0.2, 0.25) is 0 Å². The van der Waals surface area contributed by atoms with Gasteiger partial charge in [-0.3, -0.25) is 4.98 Å². The maximum atomic E-state index is 5.94. The van der Waals surface area contributed by atoms with Crippen molar-refractivity contribution < 1.29 is 9.47 Å². The van der Waals surface area contributed by atoms with Crippen molar-refractivity contribution in [2.45, 2.75) is 37.3 Å². The smallest absolute Gasteiger partial charge is 0.0951 e. The van der Waals surface area contributed by atoms with Crippen molar-refractivity contribution >= 4 is 0 Å². The summed E-state index contributed by atoms with van der Waals surface area (Å²) >= 11 is 0. The number of ether oxygens (including phenoxy) is 2. The van der Waals surface area contributed by atoms with Gasteiger partial charge in [0.25, 0.3) is 0 Å². The standard InChI is InChI=1S/C15H22N2O2/c1-2-7-16-13(3-1)4-8-17-14-5-9-19-15(11-14)6-10-18-12-15/h1-3,7,14,17H,4-6,8-12H2. The van der Waals surface area contributed by atoms with Crippen LogP contribution in [0.15, 0.2) is 24.4 Å². The Balaban J connectivity index is 1.45. The SMILES string of the molecule is c1ccc(CCNC2CCOC3(CCOC3)C2)nc1. The number of hydrogen-bond acceptors (Lipinski definition) is 4. The monoisotopic (exact) mass is 262 g/mol. The summed E-state index contributed by atoms with van der Waals surface area (Å²) in [5.41, 5.74) is 1.15. The van der Waals surface area contributed by atoms with Gasteiger partial charge >= 0.3 is 0 Å². The second-order valence-electron chi connectivity index (χ2n) is 5.55. The van der Waals surface area contributed by atoms with Gasteiger partial charge in [0.05, 0.1) is 12.2 Å². The molecule has 1 spiro atoms. The van der Waals surface area contributed by atoms with Gasteiger partial charge in [-0.1, -0.05) is 6.07 Å². The molecule has 2 unspecified atom stereocenters. The van der Waals surface area contributed by atoms with Crippen LogP contribution in [0.4, 0.5) is 0 Å². The van der Waals surface area contributed by atoms with E-state index in [0.29, 0.717) is 6.04 Å². The highest BCUT2D eigenvalue weighted by atomic mass is 16.6. The molecule has 3 rings (SSSR count). The Morgan fingerprint density at radius 2 is 2.37 bits per heavy atom. The van der Waals surface area contributed by atoms with E-state index in [-0.39, 0.29) is 5.60 Å². The third kappa shape index (κ3) is 3.32. The molecule has 0 aromatic carbocycles. The molecule has 2 aliphatic rings. The summed E-state index contributed by atoms with van der Waals surface area (Å²) in [6.45, 7) is 3.45. The van der Waals surface area contributed by atoms with E-state index in [1.807, 2.05) is 18.3 Å². The molecule has 0 saturated carbocycles. The quantitative estimate of drug-likeness (QED) is 0.894. The maximum absolute atomic E-state index is 5.94. The molecule has 104 valence electrons. The van der Waals surface area contributed by atoms with E-state index in [4.69, 9.17) is 9.47 Å². The molecule has 2 atom stereocenters. The van der Waals surface area contributed by atoms with E-state index in [1.54, 1.807) is 0 Å². The number of rotatable bonds is 4. The van der Waals surface area contributed by atoms with Crippen molar-refractivity contribution in [3.63, 3.8) is 0 Å². The minimum atomic E-state index is 0.000906. The van der Waals surface area contributed by atoms with Gasteiger partial charge in [-0.05, 0) is 25.0 Å². The predicted molar refractivity (Wildman–Crippen MR) is 73.1 cm³/mol. The van der Waals surface area contributed by atoms with Crippen LogP contribution in [0.3, 0.4) is 0 Å². The van der Waals surface area contributed by atoms with Crippen LogP contribution in [0.25, 0.3) is 0 Å². The van der Waals surface area contributed by atoms with Crippen LogP contribution in [-0.4, -0.2) is 43.0 Å². The molecular formula is C15H22N2O2. The molecule has 1 aromatic heterocycles. The molecule has 0 radical (unpaired) electrons. The van der Waals surface area contributed by atoms with Gasteiger partial charge in [0.2, 0.25) is 0 Å². The fraction of sp³-hybridized carbons (Fsp3) is 0.667. The minimum absolute atomic E-state index is 0.000906. The van der Waals surface area contributed by atoms with Gasteiger partial charge in [0.15, 0.2) is 0 Å². The van der Waals surface area contributed by atoms with E-state index in [0.717, 1.165) is 57.7 Å². The zero-order chi connectivity index (χ0) is 13.0. The Kier molecular flexibility index (Phi) is 4.11. The van der Waals surface area contributed by atoms with Crippen molar-refractivity contribution in [1.82, 2.24) is 10.3 Å². The molecule has 0 aliphatic carbocycles. The zero-order valence-corrected chi connectivity index (χ0v) is 11.3. The fourth-order valence-corrected chi connectivity index (χ4v) is 3.02. The fourth-order valence-electron chi connectivity index (χ4n) is 3.02. The van der Waals surface area contributed by atoms with Gasteiger partial charge in [-0.15, -0.1) is 0 Å². The van der Waals surface area contributed by atoms with Crippen LogP contribution >= 0.6 is 0 Å². The summed E-state index contributed by atoms with van der Waals surface area (Å²) in [6.07, 6.45) is 6.07. The van der Waals surface area contributed by atoms with Gasteiger partial charge in [-0.2, -0.15) is 0 Å². The third-order valence-corrected chi connectivity index (χ3v) is 4.10. The maximum Gasteiger partial charge on any atom is 0.0951 e. The Labute approximate surface area is 114 Å².